The lowest BCUT2D eigenvalue weighted by atomic mass is 10.4. The lowest BCUT2D eigenvalue weighted by Gasteiger charge is -2.17. The third-order valence-electron chi connectivity index (χ3n) is 1.62. The first-order valence-corrected chi connectivity index (χ1v) is 4.88. The van der Waals surface area contributed by atoms with Crippen molar-refractivity contribution in [2.24, 2.45) is 0 Å². The number of hydrogen-bond acceptors (Lipinski definition) is 2. The van der Waals surface area contributed by atoms with E-state index in [0.29, 0.717) is 25.6 Å². The van der Waals surface area contributed by atoms with Crippen molar-refractivity contribution in [2.75, 3.05) is 39.2 Å². The molecule has 0 aliphatic carbocycles. The molecule has 0 aliphatic heterocycles. The molecule has 0 aromatic carbocycles. The Bertz CT molecular complexity index is 143. The second kappa shape index (κ2) is 7.31. The summed E-state index contributed by atoms with van der Waals surface area (Å²) in [5, 5.41) is 0. The molecule has 0 aromatic heterocycles. The number of alkyl halides is 4. The van der Waals surface area contributed by atoms with Gasteiger partial charge in [-0.3, -0.25) is 0 Å². The van der Waals surface area contributed by atoms with Gasteiger partial charge < -0.3 is 9.64 Å². The molecule has 0 aromatic rings. The monoisotopic (exact) mass is 233 g/mol. The van der Waals surface area contributed by atoms with Crippen LogP contribution in [-0.4, -0.2) is 50.3 Å². The molecule has 0 atom stereocenters. The minimum atomic E-state index is -4.08. The average molecular weight is 234 g/mol. The Hall–Kier alpha value is -0.0000000000000000555. The highest BCUT2D eigenvalue weighted by Crippen LogP contribution is 2.19. The normalized spacial score (nSPS) is 12.4. The molecule has 0 rings (SSSR count). The molecule has 0 fully saturated rings. The lowest BCUT2D eigenvalue weighted by Crippen LogP contribution is -2.27. The van der Waals surface area contributed by atoms with Crippen molar-refractivity contribution in [3.8, 4) is 0 Å². The molecular formula is C8H15ClF3NO. The van der Waals surface area contributed by atoms with Gasteiger partial charge in [0, 0.05) is 19.0 Å². The minimum absolute atomic E-state index is 0.00767. The summed E-state index contributed by atoms with van der Waals surface area (Å²) >= 11 is 5.35. The van der Waals surface area contributed by atoms with Gasteiger partial charge in [0.25, 0.3) is 0 Å². The zero-order valence-electron chi connectivity index (χ0n) is 8.11. The van der Waals surface area contributed by atoms with Gasteiger partial charge in [-0.25, -0.2) is 0 Å². The van der Waals surface area contributed by atoms with Crippen molar-refractivity contribution in [1.82, 2.24) is 4.90 Å². The first-order chi connectivity index (χ1) is 6.45. The van der Waals surface area contributed by atoms with Crippen molar-refractivity contribution in [3.05, 3.63) is 0 Å². The van der Waals surface area contributed by atoms with Crippen LogP contribution in [0.2, 0.25) is 0 Å². The van der Waals surface area contributed by atoms with E-state index in [1.807, 2.05) is 0 Å². The van der Waals surface area contributed by atoms with Gasteiger partial charge in [0.05, 0.1) is 19.6 Å². The fourth-order valence-electron chi connectivity index (χ4n) is 0.806. The predicted molar refractivity (Wildman–Crippen MR) is 49.7 cm³/mol. The number of likely N-dealkylation sites (N-methyl/N-ethyl adjacent to an activating group) is 1. The zero-order chi connectivity index (χ0) is 11.0. The Kier molecular flexibility index (Phi) is 7.31. The minimum Gasteiger partial charge on any atom is -0.379 e. The molecule has 14 heavy (non-hydrogen) atoms. The highest BCUT2D eigenvalue weighted by atomic mass is 35.5. The van der Waals surface area contributed by atoms with Crippen LogP contribution < -0.4 is 0 Å². The Balaban J connectivity index is 3.32. The number of rotatable bonds is 7. The molecule has 0 bridgehead atoms. The van der Waals surface area contributed by atoms with Crippen LogP contribution in [0.1, 0.15) is 6.42 Å². The van der Waals surface area contributed by atoms with E-state index in [9.17, 15) is 13.2 Å². The van der Waals surface area contributed by atoms with E-state index in [-0.39, 0.29) is 6.54 Å². The summed E-state index contributed by atoms with van der Waals surface area (Å²) in [4.78, 5) is 1.59. The second-order valence-corrected chi connectivity index (χ2v) is 3.35. The Labute approximate surface area is 87.0 Å². The average Bonchev–Trinajstić information content (AvgIpc) is 2.08. The van der Waals surface area contributed by atoms with Crippen molar-refractivity contribution in [2.45, 2.75) is 12.6 Å². The molecular weight excluding hydrogens is 219 g/mol. The molecule has 0 unspecified atom stereocenters. The first kappa shape index (κ1) is 14.0. The largest absolute Gasteiger partial charge is 0.390 e. The standard InChI is InChI=1S/C8H15ClF3NO/c1-13(4-2-8(10,11)12)5-7-14-6-3-9/h2-7H2,1H3. The molecule has 0 saturated carbocycles. The van der Waals surface area contributed by atoms with Crippen molar-refractivity contribution in [3.63, 3.8) is 0 Å². The molecule has 2 nitrogen and oxygen atoms in total. The van der Waals surface area contributed by atoms with Crippen LogP contribution in [0.25, 0.3) is 0 Å². The van der Waals surface area contributed by atoms with Crippen LogP contribution in [0.4, 0.5) is 13.2 Å². The van der Waals surface area contributed by atoms with E-state index in [2.05, 4.69) is 0 Å². The van der Waals surface area contributed by atoms with Gasteiger partial charge in [-0.2, -0.15) is 13.2 Å². The molecule has 0 aliphatic rings. The Morgan fingerprint density at radius 1 is 1.21 bits per heavy atom. The van der Waals surface area contributed by atoms with Gasteiger partial charge in [0.15, 0.2) is 0 Å². The summed E-state index contributed by atoms with van der Waals surface area (Å²) in [5.41, 5.74) is 0. The van der Waals surface area contributed by atoms with E-state index in [1.165, 1.54) is 0 Å². The van der Waals surface area contributed by atoms with Crippen LogP contribution in [0.15, 0.2) is 0 Å². The summed E-state index contributed by atoms with van der Waals surface area (Å²) < 4.78 is 40.4. The van der Waals surface area contributed by atoms with E-state index in [1.54, 1.807) is 11.9 Å². The number of ether oxygens (including phenoxy) is 1. The Morgan fingerprint density at radius 3 is 2.36 bits per heavy atom. The quantitative estimate of drug-likeness (QED) is 0.493. The summed E-state index contributed by atoms with van der Waals surface area (Å²) in [6.07, 6.45) is -4.86. The number of hydrogen-bond donors (Lipinski definition) is 0. The van der Waals surface area contributed by atoms with Crippen LogP contribution in [0.3, 0.4) is 0 Å². The van der Waals surface area contributed by atoms with Crippen LogP contribution >= 0.6 is 11.6 Å². The van der Waals surface area contributed by atoms with Crippen molar-refractivity contribution < 1.29 is 17.9 Å². The predicted octanol–water partition coefficient (Wildman–Crippen LogP) is 2.13. The lowest BCUT2D eigenvalue weighted by molar-refractivity contribution is -0.137. The van der Waals surface area contributed by atoms with Gasteiger partial charge >= 0.3 is 6.18 Å². The van der Waals surface area contributed by atoms with Gasteiger partial charge in [0.2, 0.25) is 0 Å². The summed E-state index contributed by atoms with van der Waals surface area (Å²) in [7, 11) is 1.63. The molecule has 6 heteroatoms. The van der Waals surface area contributed by atoms with Crippen molar-refractivity contribution >= 4 is 11.6 Å². The van der Waals surface area contributed by atoms with Crippen LogP contribution in [0, 0.1) is 0 Å². The molecule has 0 spiro atoms. The molecule has 0 N–H and O–H groups in total. The van der Waals surface area contributed by atoms with Gasteiger partial charge in [-0.1, -0.05) is 0 Å². The maximum atomic E-state index is 11.8. The molecule has 0 radical (unpaired) electrons. The topological polar surface area (TPSA) is 12.5 Å². The third-order valence-corrected chi connectivity index (χ3v) is 1.77. The highest BCUT2D eigenvalue weighted by Gasteiger charge is 2.26. The maximum absolute atomic E-state index is 11.8. The van der Waals surface area contributed by atoms with Crippen LogP contribution in [0.5, 0.6) is 0 Å². The smallest absolute Gasteiger partial charge is 0.379 e. The maximum Gasteiger partial charge on any atom is 0.390 e. The third kappa shape index (κ3) is 10.1. The van der Waals surface area contributed by atoms with Gasteiger partial charge in [-0.05, 0) is 7.05 Å². The van der Waals surface area contributed by atoms with Crippen molar-refractivity contribution in [1.29, 1.82) is 0 Å². The summed E-state index contributed by atoms with van der Waals surface area (Å²) in [6, 6.07) is 0. The highest BCUT2D eigenvalue weighted by molar-refractivity contribution is 6.17. The molecule has 86 valence electrons. The Morgan fingerprint density at radius 2 is 1.86 bits per heavy atom. The van der Waals surface area contributed by atoms with Crippen LogP contribution in [-0.2, 0) is 4.74 Å². The van der Waals surface area contributed by atoms with E-state index in [0.717, 1.165) is 0 Å². The number of halogens is 4. The molecule has 0 heterocycles. The molecule has 0 saturated heterocycles. The number of nitrogens with zero attached hydrogens (tertiary/aromatic N) is 1. The van der Waals surface area contributed by atoms with E-state index in [4.69, 9.17) is 16.3 Å². The summed E-state index contributed by atoms with van der Waals surface area (Å²) in [6.45, 7) is 1.36. The van der Waals surface area contributed by atoms with Gasteiger partial charge in [-0.15, -0.1) is 11.6 Å². The molecule has 0 amide bonds. The van der Waals surface area contributed by atoms with E-state index < -0.39 is 12.6 Å². The second-order valence-electron chi connectivity index (χ2n) is 2.97. The fraction of sp³-hybridized carbons (Fsp3) is 1.00. The summed E-state index contributed by atoms with van der Waals surface area (Å²) in [5.74, 6) is 0.409. The fourth-order valence-corrected chi connectivity index (χ4v) is 0.916. The SMILES string of the molecule is CN(CCOCCCl)CCC(F)(F)F. The first-order valence-electron chi connectivity index (χ1n) is 4.34. The zero-order valence-corrected chi connectivity index (χ0v) is 8.87. The van der Waals surface area contributed by atoms with E-state index >= 15 is 0 Å². The van der Waals surface area contributed by atoms with Gasteiger partial charge in [0.1, 0.15) is 0 Å².